The molecule has 0 aliphatic rings. The first-order chi connectivity index (χ1) is 24.9. The van der Waals surface area contributed by atoms with E-state index in [2.05, 4.69) is 157 Å². The first kappa shape index (κ1) is 35.0. The summed E-state index contributed by atoms with van der Waals surface area (Å²) in [7, 11) is -1.28. The SMILES string of the molecule is C[Si](C)(C)c1ccc(-c2[c-]cc(-c3ccccc3)cc2)nc1.[Ir].[c-]1ccc2c(oc3cc(-c4ccccc4)ccc32)c1-c1cc2ccccc2cn1. The van der Waals surface area contributed by atoms with E-state index in [-0.39, 0.29) is 20.1 Å². The van der Waals surface area contributed by atoms with Crippen LogP contribution in [0.25, 0.3) is 77.5 Å². The Balaban J connectivity index is 0.000000165. The van der Waals surface area contributed by atoms with Crippen molar-refractivity contribution in [2.45, 2.75) is 19.6 Å². The zero-order valence-corrected chi connectivity index (χ0v) is 32.6. The van der Waals surface area contributed by atoms with Crippen molar-refractivity contribution in [1.82, 2.24) is 9.97 Å². The number of fused-ring (bicyclic) bond motifs is 4. The molecule has 0 aliphatic carbocycles. The molecule has 0 aliphatic heterocycles. The fourth-order valence-electron chi connectivity index (χ4n) is 6.35. The molecule has 0 saturated heterocycles. The summed E-state index contributed by atoms with van der Waals surface area (Å²) < 4.78 is 6.34. The molecule has 0 saturated carbocycles. The minimum atomic E-state index is -1.28. The normalized spacial score (nSPS) is 11.2. The summed E-state index contributed by atoms with van der Waals surface area (Å²) in [5, 5.41) is 5.86. The molecule has 255 valence electrons. The topological polar surface area (TPSA) is 38.9 Å². The number of pyridine rings is 2. The third-order valence-electron chi connectivity index (χ3n) is 9.25. The average Bonchev–Trinajstić information content (AvgIpc) is 3.57. The van der Waals surface area contributed by atoms with E-state index in [9.17, 15) is 0 Å². The molecule has 1 radical (unpaired) electrons. The minimum Gasteiger partial charge on any atom is -0.501 e. The number of hydrogen-bond donors (Lipinski definition) is 0. The van der Waals surface area contributed by atoms with E-state index in [1.807, 2.05) is 48.8 Å². The summed E-state index contributed by atoms with van der Waals surface area (Å²) in [5.41, 5.74) is 10.2. The van der Waals surface area contributed by atoms with E-state index >= 15 is 0 Å². The number of rotatable bonds is 5. The smallest absolute Gasteiger partial charge is 0.121 e. The molecule has 52 heavy (non-hydrogen) atoms. The van der Waals surface area contributed by atoms with Crippen LogP contribution in [0.15, 0.2) is 168 Å². The summed E-state index contributed by atoms with van der Waals surface area (Å²) in [4.78, 5) is 9.29. The van der Waals surface area contributed by atoms with Gasteiger partial charge in [0.25, 0.3) is 0 Å². The number of aromatic nitrogens is 2. The van der Waals surface area contributed by atoms with Crippen LogP contribution in [0.1, 0.15) is 0 Å². The van der Waals surface area contributed by atoms with Gasteiger partial charge in [0.15, 0.2) is 0 Å². The molecule has 0 bridgehead atoms. The number of hydrogen-bond acceptors (Lipinski definition) is 3. The molecule has 0 spiro atoms. The van der Waals surface area contributed by atoms with Crippen molar-refractivity contribution in [2.75, 3.05) is 0 Å². The molecule has 0 N–H and O–H groups in total. The van der Waals surface area contributed by atoms with Crippen LogP contribution in [0.3, 0.4) is 0 Å². The van der Waals surface area contributed by atoms with E-state index in [4.69, 9.17) is 4.42 Å². The molecule has 0 amide bonds. The van der Waals surface area contributed by atoms with Gasteiger partial charge in [-0.25, -0.2) is 0 Å². The van der Waals surface area contributed by atoms with Crippen molar-refractivity contribution in [3.63, 3.8) is 0 Å². The van der Waals surface area contributed by atoms with Gasteiger partial charge in [-0.05, 0) is 44.5 Å². The van der Waals surface area contributed by atoms with Crippen molar-refractivity contribution in [3.05, 3.63) is 176 Å². The van der Waals surface area contributed by atoms with Gasteiger partial charge in [0.05, 0.1) is 13.7 Å². The van der Waals surface area contributed by atoms with Crippen molar-refractivity contribution >= 4 is 46.0 Å². The molecule has 9 aromatic rings. The summed E-state index contributed by atoms with van der Waals surface area (Å²) in [6.07, 6.45) is 3.94. The van der Waals surface area contributed by atoms with Crippen molar-refractivity contribution in [3.8, 4) is 44.8 Å². The van der Waals surface area contributed by atoms with Gasteiger partial charge in [-0.15, -0.1) is 48.0 Å². The van der Waals surface area contributed by atoms with Gasteiger partial charge in [0.2, 0.25) is 0 Å². The van der Waals surface area contributed by atoms with Crippen LogP contribution in [0.5, 0.6) is 0 Å². The average molecular weight is 865 g/mol. The predicted molar refractivity (Wildman–Crippen MR) is 216 cm³/mol. The fraction of sp³-hybridized carbons (Fsp3) is 0.0638. The van der Waals surface area contributed by atoms with E-state index < -0.39 is 8.07 Å². The quantitative estimate of drug-likeness (QED) is 0.128. The summed E-state index contributed by atoms with van der Waals surface area (Å²) in [5.74, 6) is 0. The molecule has 3 aromatic heterocycles. The summed E-state index contributed by atoms with van der Waals surface area (Å²) in [6, 6.07) is 58.8. The first-order valence-electron chi connectivity index (χ1n) is 17.2. The molecule has 5 heteroatoms. The van der Waals surface area contributed by atoms with Crippen LogP contribution < -0.4 is 5.19 Å². The molecular weight excluding hydrogens is 829 g/mol. The molecule has 9 rings (SSSR count). The van der Waals surface area contributed by atoms with Crippen LogP contribution in [0.4, 0.5) is 0 Å². The van der Waals surface area contributed by atoms with E-state index in [1.165, 1.54) is 21.9 Å². The van der Waals surface area contributed by atoms with Gasteiger partial charge in [0, 0.05) is 37.9 Å². The maximum Gasteiger partial charge on any atom is 0.121 e. The van der Waals surface area contributed by atoms with Crippen LogP contribution in [-0.4, -0.2) is 18.0 Å². The Morgan fingerprint density at radius 1 is 0.538 bits per heavy atom. The van der Waals surface area contributed by atoms with Gasteiger partial charge in [-0.2, -0.15) is 0 Å². The van der Waals surface area contributed by atoms with Crippen LogP contribution in [-0.2, 0) is 20.1 Å². The number of benzene rings is 6. The zero-order chi connectivity index (χ0) is 34.8. The Bertz CT molecular complexity index is 2590. The third-order valence-corrected chi connectivity index (χ3v) is 11.3. The molecule has 3 heterocycles. The van der Waals surface area contributed by atoms with Crippen LogP contribution in [0, 0.1) is 12.1 Å². The zero-order valence-electron chi connectivity index (χ0n) is 29.2. The first-order valence-corrected chi connectivity index (χ1v) is 20.7. The van der Waals surface area contributed by atoms with E-state index in [0.717, 1.165) is 60.8 Å². The standard InChI is InChI=1S/C27H16NO.C20H20NSi.Ir/c1-2-7-18(8-3-1)20-13-14-22-23-11-6-12-24(27(23)29-26(22)16-20)25-15-19-9-4-5-10-21(19)17-28-25;1-22(2,3)19-13-14-20(21-15-19)18-11-9-17(10-12-18)16-7-5-4-6-8-16;/h1-11,13-17H;4-11,13-15H,1-3H3;/q2*-1;. The second-order valence-corrected chi connectivity index (χ2v) is 18.8. The molecule has 0 atom stereocenters. The number of furan rings is 1. The molecule has 3 nitrogen and oxygen atoms in total. The van der Waals surface area contributed by atoms with Gasteiger partial charge in [-0.3, -0.25) is 0 Å². The Morgan fingerprint density at radius 3 is 1.88 bits per heavy atom. The van der Waals surface area contributed by atoms with Crippen molar-refractivity contribution < 1.29 is 24.5 Å². The minimum absolute atomic E-state index is 0. The number of nitrogens with zero attached hydrogens (tertiary/aromatic N) is 2. The second kappa shape index (κ2) is 15.0. The van der Waals surface area contributed by atoms with Crippen LogP contribution in [0.2, 0.25) is 19.6 Å². The second-order valence-electron chi connectivity index (χ2n) is 13.7. The molecular formula is C47H36IrN2OSi-2. The van der Waals surface area contributed by atoms with Gasteiger partial charge < -0.3 is 14.4 Å². The molecule has 0 unspecified atom stereocenters. The molecule has 6 aromatic carbocycles. The van der Waals surface area contributed by atoms with Crippen molar-refractivity contribution in [1.29, 1.82) is 0 Å². The van der Waals surface area contributed by atoms with E-state index in [1.54, 1.807) is 0 Å². The Hall–Kier alpha value is -5.45. The Kier molecular flexibility index (Phi) is 10.1. The Morgan fingerprint density at radius 2 is 1.21 bits per heavy atom. The monoisotopic (exact) mass is 865 g/mol. The predicted octanol–water partition coefficient (Wildman–Crippen LogP) is 12.0. The van der Waals surface area contributed by atoms with E-state index in [0.29, 0.717) is 0 Å². The van der Waals surface area contributed by atoms with Gasteiger partial charge >= 0.3 is 0 Å². The Labute approximate surface area is 319 Å². The summed E-state index contributed by atoms with van der Waals surface area (Å²) in [6.45, 7) is 7.01. The summed E-state index contributed by atoms with van der Waals surface area (Å²) >= 11 is 0. The van der Waals surface area contributed by atoms with Gasteiger partial charge in [-0.1, -0.05) is 157 Å². The van der Waals surface area contributed by atoms with Crippen LogP contribution >= 0.6 is 0 Å². The largest absolute Gasteiger partial charge is 0.501 e. The fourth-order valence-corrected chi connectivity index (χ4v) is 7.39. The third kappa shape index (κ3) is 7.30. The molecule has 0 fully saturated rings. The van der Waals surface area contributed by atoms with Gasteiger partial charge in [0.1, 0.15) is 5.58 Å². The maximum absolute atomic E-state index is 6.34. The maximum atomic E-state index is 6.34. The van der Waals surface area contributed by atoms with Crippen molar-refractivity contribution in [2.24, 2.45) is 0 Å².